The van der Waals surface area contributed by atoms with Crippen molar-refractivity contribution in [2.75, 3.05) is 0 Å². The first-order valence-corrected chi connectivity index (χ1v) is 4.36. The summed E-state index contributed by atoms with van der Waals surface area (Å²) in [5.41, 5.74) is 5.57. The maximum atomic E-state index is 13.1. The molecule has 3 N–H and O–H groups in total. The monoisotopic (exact) mass is 218 g/mol. The van der Waals surface area contributed by atoms with Gasteiger partial charge >= 0.3 is 0 Å². The molecule has 0 aliphatic carbocycles. The lowest BCUT2D eigenvalue weighted by molar-refractivity contribution is 0.606. The van der Waals surface area contributed by atoms with Gasteiger partial charge in [-0.25, -0.2) is 4.39 Å². The molecule has 0 spiro atoms. The second-order valence-corrected chi connectivity index (χ2v) is 3.27. The molecule has 0 heterocycles. The van der Waals surface area contributed by atoms with Gasteiger partial charge in [-0.05, 0) is 24.4 Å². The van der Waals surface area contributed by atoms with Gasteiger partial charge in [0.1, 0.15) is 5.82 Å². The van der Waals surface area contributed by atoms with Crippen LogP contribution in [0.2, 0.25) is 5.02 Å². The van der Waals surface area contributed by atoms with E-state index in [0.29, 0.717) is 10.6 Å². The molecule has 0 saturated heterocycles. The molecule has 13 heavy (non-hydrogen) atoms. The lowest BCUT2D eigenvalue weighted by Gasteiger charge is -2.06. The summed E-state index contributed by atoms with van der Waals surface area (Å²) in [5.74, 6) is -0.365. The molecule has 0 atom stereocenters. The number of halogens is 2. The Bertz CT molecular complexity index is 310. The quantitative estimate of drug-likeness (QED) is 0.744. The second-order valence-electron chi connectivity index (χ2n) is 2.42. The lowest BCUT2D eigenvalue weighted by Crippen LogP contribution is -2.28. The molecule has 0 aliphatic rings. The lowest BCUT2D eigenvalue weighted by atomic mass is 10.2. The Morgan fingerprint density at radius 3 is 2.85 bits per heavy atom. The zero-order valence-corrected chi connectivity index (χ0v) is 8.25. The van der Waals surface area contributed by atoms with Gasteiger partial charge in [0.2, 0.25) is 0 Å². The van der Waals surface area contributed by atoms with Crippen molar-refractivity contribution in [2.24, 2.45) is 5.73 Å². The molecule has 1 aromatic carbocycles. The van der Waals surface area contributed by atoms with Crippen molar-refractivity contribution >= 4 is 28.9 Å². The van der Waals surface area contributed by atoms with Crippen LogP contribution in [0.4, 0.5) is 4.39 Å². The third-order valence-corrected chi connectivity index (χ3v) is 2.00. The normalized spacial score (nSPS) is 9.69. The van der Waals surface area contributed by atoms with Crippen molar-refractivity contribution in [2.45, 2.75) is 6.54 Å². The van der Waals surface area contributed by atoms with Crippen molar-refractivity contribution in [3.8, 4) is 0 Å². The summed E-state index contributed by atoms with van der Waals surface area (Å²) in [6, 6.07) is 4.49. The van der Waals surface area contributed by atoms with Crippen molar-refractivity contribution < 1.29 is 4.39 Å². The Hall–Kier alpha value is -0.870. The van der Waals surface area contributed by atoms with Crippen LogP contribution in [0.3, 0.4) is 0 Å². The summed E-state index contributed by atoms with van der Waals surface area (Å²) >= 11 is 10.3. The molecule has 0 aliphatic heterocycles. The number of nitrogens with one attached hydrogen (secondary N) is 1. The molecule has 1 aromatic rings. The third-order valence-electron chi connectivity index (χ3n) is 1.50. The molecule has 0 radical (unpaired) electrons. The molecule has 0 aromatic heterocycles. The van der Waals surface area contributed by atoms with E-state index in [1.807, 2.05) is 0 Å². The largest absolute Gasteiger partial charge is 0.376 e. The number of rotatable bonds is 2. The van der Waals surface area contributed by atoms with Crippen LogP contribution in [0.1, 0.15) is 5.56 Å². The van der Waals surface area contributed by atoms with Crippen molar-refractivity contribution in [3.05, 3.63) is 34.6 Å². The summed E-state index contributed by atoms with van der Waals surface area (Å²) < 4.78 is 13.1. The van der Waals surface area contributed by atoms with Gasteiger partial charge in [-0.1, -0.05) is 17.7 Å². The summed E-state index contributed by atoms with van der Waals surface area (Å²) in [6.45, 7) is 0.209. The van der Waals surface area contributed by atoms with E-state index in [4.69, 9.17) is 17.3 Å². The smallest absolute Gasteiger partial charge is 0.163 e. The fourth-order valence-corrected chi connectivity index (χ4v) is 1.18. The first kappa shape index (κ1) is 10.2. The Kier molecular flexibility index (Phi) is 3.45. The fourth-order valence-electron chi connectivity index (χ4n) is 0.877. The molecule has 0 fully saturated rings. The van der Waals surface area contributed by atoms with Crippen LogP contribution in [0.5, 0.6) is 0 Å². The summed E-state index contributed by atoms with van der Waals surface area (Å²) in [6.07, 6.45) is 0. The predicted molar refractivity (Wildman–Crippen MR) is 55.0 cm³/mol. The first-order valence-electron chi connectivity index (χ1n) is 3.57. The van der Waals surface area contributed by atoms with Gasteiger partial charge in [0.25, 0.3) is 0 Å². The van der Waals surface area contributed by atoms with Crippen LogP contribution < -0.4 is 11.1 Å². The fraction of sp³-hybridized carbons (Fsp3) is 0.125. The zero-order chi connectivity index (χ0) is 9.84. The number of hydrogen-bond acceptors (Lipinski definition) is 1. The van der Waals surface area contributed by atoms with Gasteiger partial charge in [-0.2, -0.15) is 0 Å². The molecule has 5 heteroatoms. The van der Waals surface area contributed by atoms with Crippen molar-refractivity contribution in [3.63, 3.8) is 0 Å². The van der Waals surface area contributed by atoms with Gasteiger partial charge in [0.15, 0.2) is 5.11 Å². The standard InChI is InChI=1S/C8H8ClFN2S/c9-6-2-1-3-7(10)5(6)4-12-8(11)13/h1-3H,4H2,(H3,11,12,13). The molecular formula is C8H8ClFN2S. The highest BCUT2D eigenvalue weighted by Gasteiger charge is 2.05. The number of benzene rings is 1. The number of nitrogens with two attached hydrogens (primary N) is 1. The highest BCUT2D eigenvalue weighted by atomic mass is 35.5. The SMILES string of the molecule is NC(=S)NCc1c(F)cccc1Cl. The van der Waals surface area contributed by atoms with E-state index in [1.165, 1.54) is 6.07 Å². The Morgan fingerprint density at radius 2 is 2.31 bits per heavy atom. The molecule has 0 unspecified atom stereocenters. The summed E-state index contributed by atoms with van der Waals surface area (Å²) in [4.78, 5) is 0. The van der Waals surface area contributed by atoms with Crippen LogP contribution in [-0.2, 0) is 6.54 Å². The van der Waals surface area contributed by atoms with E-state index < -0.39 is 0 Å². The second kappa shape index (κ2) is 4.39. The van der Waals surface area contributed by atoms with Crippen LogP contribution in [0.25, 0.3) is 0 Å². The van der Waals surface area contributed by atoms with Crippen LogP contribution >= 0.6 is 23.8 Å². The Labute approximate surface area is 85.9 Å². The Morgan fingerprint density at radius 1 is 1.62 bits per heavy atom. The molecular weight excluding hydrogens is 211 g/mol. The molecule has 70 valence electrons. The van der Waals surface area contributed by atoms with E-state index >= 15 is 0 Å². The Balaban J connectivity index is 2.81. The average molecular weight is 219 g/mol. The molecule has 0 amide bonds. The van der Waals surface area contributed by atoms with E-state index in [-0.39, 0.29) is 17.5 Å². The van der Waals surface area contributed by atoms with E-state index in [2.05, 4.69) is 17.5 Å². The van der Waals surface area contributed by atoms with E-state index in [1.54, 1.807) is 12.1 Å². The average Bonchev–Trinajstić information content (AvgIpc) is 2.03. The van der Waals surface area contributed by atoms with Crippen LogP contribution in [0, 0.1) is 5.82 Å². The minimum absolute atomic E-state index is 0.124. The number of thiocarbonyl (C=S) groups is 1. The molecule has 1 rings (SSSR count). The van der Waals surface area contributed by atoms with Gasteiger partial charge in [0.05, 0.1) is 0 Å². The molecule has 0 bridgehead atoms. The predicted octanol–water partition coefficient (Wildman–Crippen LogP) is 1.81. The summed E-state index contributed by atoms with van der Waals surface area (Å²) in [7, 11) is 0. The molecule has 2 nitrogen and oxygen atoms in total. The van der Waals surface area contributed by atoms with Crippen molar-refractivity contribution in [1.82, 2.24) is 5.32 Å². The third kappa shape index (κ3) is 2.82. The van der Waals surface area contributed by atoms with Crippen LogP contribution in [-0.4, -0.2) is 5.11 Å². The minimum Gasteiger partial charge on any atom is -0.376 e. The summed E-state index contributed by atoms with van der Waals surface area (Å²) in [5, 5.41) is 3.12. The topological polar surface area (TPSA) is 38.0 Å². The highest BCUT2D eigenvalue weighted by molar-refractivity contribution is 7.80. The van der Waals surface area contributed by atoms with Gasteiger partial charge in [-0.3, -0.25) is 0 Å². The van der Waals surface area contributed by atoms with E-state index in [9.17, 15) is 4.39 Å². The minimum atomic E-state index is -0.365. The van der Waals surface area contributed by atoms with E-state index in [0.717, 1.165) is 0 Å². The highest BCUT2D eigenvalue weighted by Crippen LogP contribution is 2.18. The zero-order valence-electron chi connectivity index (χ0n) is 6.68. The van der Waals surface area contributed by atoms with Gasteiger partial charge in [-0.15, -0.1) is 0 Å². The van der Waals surface area contributed by atoms with Gasteiger partial charge in [0, 0.05) is 17.1 Å². The van der Waals surface area contributed by atoms with Crippen molar-refractivity contribution in [1.29, 1.82) is 0 Å². The maximum absolute atomic E-state index is 13.1. The number of hydrogen-bond donors (Lipinski definition) is 2. The van der Waals surface area contributed by atoms with Gasteiger partial charge < -0.3 is 11.1 Å². The first-order chi connectivity index (χ1) is 6.11. The maximum Gasteiger partial charge on any atom is 0.163 e. The molecule has 0 saturated carbocycles. The van der Waals surface area contributed by atoms with Crippen LogP contribution in [0.15, 0.2) is 18.2 Å².